The van der Waals surface area contributed by atoms with Crippen LogP contribution in [0, 0.1) is 0 Å². The second-order valence-electron chi connectivity index (χ2n) is 6.76. The van der Waals surface area contributed by atoms with Crippen LogP contribution in [-0.4, -0.2) is 66.0 Å². The van der Waals surface area contributed by atoms with Gasteiger partial charge < -0.3 is 10.6 Å². The number of pyridine rings is 1. The molecule has 0 aromatic carbocycles. The molecule has 2 fully saturated rings. The number of hydrogen-bond donors (Lipinski definition) is 3. The molecular weight excluding hydrogens is 379 g/mol. The molecule has 8 nitrogen and oxygen atoms in total. The summed E-state index contributed by atoms with van der Waals surface area (Å²) < 4.78 is 39.2. The van der Waals surface area contributed by atoms with Crippen molar-refractivity contribution in [2.45, 2.75) is 31.0 Å². The summed E-state index contributed by atoms with van der Waals surface area (Å²) >= 11 is 0. The molecule has 0 spiro atoms. The summed E-state index contributed by atoms with van der Waals surface area (Å²) in [5.74, 6) is -1.87. The number of halogens is 3. The fourth-order valence-electron chi connectivity index (χ4n) is 3.30. The van der Waals surface area contributed by atoms with Gasteiger partial charge in [-0.3, -0.25) is 29.6 Å². The summed E-state index contributed by atoms with van der Waals surface area (Å²) in [6.45, 7) is -0.147. The molecule has 0 saturated carbocycles. The molecule has 2 saturated heterocycles. The fraction of sp³-hybridized carbons (Fsp3) is 0.529. The zero-order chi connectivity index (χ0) is 20.3. The van der Waals surface area contributed by atoms with Gasteiger partial charge in [0.2, 0.25) is 17.7 Å². The van der Waals surface area contributed by atoms with Crippen LogP contribution in [0.2, 0.25) is 0 Å². The van der Waals surface area contributed by atoms with Crippen molar-refractivity contribution >= 4 is 23.4 Å². The number of anilines is 1. The van der Waals surface area contributed by atoms with Gasteiger partial charge in [-0.15, -0.1) is 0 Å². The molecule has 3 rings (SSSR count). The first kappa shape index (κ1) is 20.2. The minimum Gasteiger partial charge on any atom is -0.324 e. The Bertz CT molecular complexity index is 753. The Morgan fingerprint density at radius 2 is 2.11 bits per heavy atom. The van der Waals surface area contributed by atoms with Crippen LogP contribution < -0.4 is 16.0 Å². The lowest BCUT2D eigenvalue weighted by Gasteiger charge is -2.36. The van der Waals surface area contributed by atoms with Gasteiger partial charge in [-0.1, -0.05) is 0 Å². The summed E-state index contributed by atoms with van der Waals surface area (Å²) in [7, 11) is 0. The Kier molecular flexibility index (Phi) is 5.94. The number of nitrogens with one attached hydrogen (secondary N) is 3. The molecule has 0 radical (unpaired) electrons. The molecule has 3 amide bonds. The van der Waals surface area contributed by atoms with Gasteiger partial charge in [0.05, 0.1) is 30.0 Å². The van der Waals surface area contributed by atoms with E-state index in [0.29, 0.717) is 24.3 Å². The first-order valence-corrected chi connectivity index (χ1v) is 8.85. The third-order valence-corrected chi connectivity index (χ3v) is 4.75. The molecule has 0 aliphatic carbocycles. The zero-order valence-corrected chi connectivity index (χ0v) is 14.9. The number of piperidine rings is 1. The van der Waals surface area contributed by atoms with Crippen molar-refractivity contribution in [1.29, 1.82) is 0 Å². The van der Waals surface area contributed by atoms with Crippen molar-refractivity contribution in [2.75, 3.05) is 31.5 Å². The Balaban J connectivity index is 1.58. The Hall–Kier alpha value is -2.53. The molecule has 3 N–H and O–H groups in total. The van der Waals surface area contributed by atoms with Gasteiger partial charge >= 0.3 is 6.18 Å². The van der Waals surface area contributed by atoms with Crippen molar-refractivity contribution in [3.63, 3.8) is 0 Å². The summed E-state index contributed by atoms with van der Waals surface area (Å²) in [4.78, 5) is 40.4. The van der Waals surface area contributed by atoms with Crippen LogP contribution in [0.5, 0.6) is 0 Å². The number of amides is 3. The molecule has 1 unspecified atom stereocenters. The summed E-state index contributed by atoms with van der Waals surface area (Å²) in [5.41, 5.74) is 0.780. The zero-order valence-electron chi connectivity index (χ0n) is 14.9. The van der Waals surface area contributed by atoms with Gasteiger partial charge in [-0.05, 0) is 18.6 Å². The second kappa shape index (κ2) is 8.23. The number of carbonyl (C=O) groups excluding carboxylic acids is 3. The molecule has 11 heteroatoms. The van der Waals surface area contributed by atoms with Crippen molar-refractivity contribution in [1.82, 2.24) is 20.5 Å². The van der Waals surface area contributed by atoms with Crippen molar-refractivity contribution in [2.24, 2.45) is 0 Å². The summed E-state index contributed by atoms with van der Waals surface area (Å²) in [5, 5.41) is 7.45. The van der Waals surface area contributed by atoms with E-state index in [4.69, 9.17) is 0 Å². The molecule has 2 atom stereocenters. The average Bonchev–Trinajstić information content (AvgIpc) is 2.62. The molecule has 0 bridgehead atoms. The molecule has 2 aliphatic heterocycles. The Labute approximate surface area is 158 Å². The number of nitrogens with zero attached hydrogens (tertiary/aromatic N) is 2. The third-order valence-electron chi connectivity index (χ3n) is 4.75. The highest BCUT2D eigenvalue weighted by molar-refractivity contribution is 6.00. The minimum absolute atomic E-state index is 0.115. The van der Waals surface area contributed by atoms with Gasteiger partial charge in [0.15, 0.2) is 0 Å². The maximum atomic E-state index is 13.1. The highest BCUT2D eigenvalue weighted by Gasteiger charge is 2.45. The fourth-order valence-corrected chi connectivity index (χ4v) is 3.30. The third kappa shape index (κ3) is 4.84. The molecule has 1 aromatic rings. The topological polar surface area (TPSA) is 103 Å². The highest BCUT2D eigenvalue weighted by Crippen LogP contribution is 2.26. The molecule has 152 valence electrons. The van der Waals surface area contributed by atoms with Crippen LogP contribution in [0.1, 0.15) is 24.5 Å². The molecule has 2 aliphatic rings. The first-order valence-electron chi connectivity index (χ1n) is 8.85. The van der Waals surface area contributed by atoms with Crippen LogP contribution in [0.15, 0.2) is 18.3 Å². The van der Waals surface area contributed by atoms with E-state index in [0.717, 1.165) is 4.90 Å². The average molecular weight is 399 g/mol. The Morgan fingerprint density at radius 3 is 2.75 bits per heavy atom. The molecular formula is C17H20F3N5O3. The van der Waals surface area contributed by atoms with Crippen LogP contribution in [0.4, 0.5) is 18.9 Å². The van der Waals surface area contributed by atoms with Crippen LogP contribution in [0.3, 0.4) is 0 Å². The van der Waals surface area contributed by atoms with Crippen molar-refractivity contribution in [3.05, 3.63) is 24.0 Å². The number of piperazine rings is 1. The number of hydrogen-bond acceptors (Lipinski definition) is 6. The van der Waals surface area contributed by atoms with E-state index in [2.05, 4.69) is 20.9 Å². The van der Waals surface area contributed by atoms with E-state index < -0.39 is 30.0 Å². The highest BCUT2D eigenvalue weighted by atomic mass is 19.4. The standard InChI is InChI=1S/C17H20F3N5O3/c18-17(19,20)13-8-21-5-6-25(13)9-15(27)23-10-1-3-12(22-7-10)11-2-4-14(26)24-16(11)28/h1,3,7,11,13,21H,2,4-6,8-9H2,(H,23,27)(H,24,26,28)/t11?,13-/m1/s1. The van der Waals surface area contributed by atoms with E-state index in [1.54, 1.807) is 6.07 Å². The van der Waals surface area contributed by atoms with Gasteiger partial charge in [-0.2, -0.15) is 13.2 Å². The molecule has 1 aromatic heterocycles. The predicted molar refractivity (Wildman–Crippen MR) is 92.3 cm³/mol. The van der Waals surface area contributed by atoms with Gasteiger partial charge in [0.1, 0.15) is 6.04 Å². The number of alkyl halides is 3. The van der Waals surface area contributed by atoms with Crippen LogP contribution in [0.25, 0.3) is 0 Å². The largest absolute Gasteiger partial charge is 0.405 e. The first-order chi connectivity index (χ1) is 13.2. The van der Waals surface area contributed by atoms with E-state index in [9.17, 15) is 27.6 Å². The predicted octanol–water partition coefficient (Wildman–Crippen LogP) is 0.376. The summed E-state index contributed by atoms with van der Waals surface area (Å²) in [6, 6.07) is 1.38. The maximum Gasteiger partial charge on any atom is 0.405 e. The van der Waals surface area contributed by atoms with Crippen molar-refractivity contribution in [3.8, 4) is 0 Å². The van der Waals surface area contributed by atoms with E-state index in [-0.39, 0.29) is 32.0 Å². The quantitative estimate of drug-likeness (QED) is 0.633. The minimum atomic E-state index is -4.42. The second-order valence-corrected chi connectivity index (χ2v) is 6.76. The lowest BCUT2D eigenvalue weighted by Crippen LogP contribution is -2.59. The SMILES string of the molecule is O=C1CCC(c2ccc(NC(=O)CN3CCNC[C@@H]3C(F)(F)F)cn2)C(=O)N1. The van der Waals surface area contributed by atoms with E-state index >= 15 is 0 Å². The molecule has 3 heterocycles. The van der Waals surface area contributed by atoms with Crippen molar-refractivity contribution < 1.29 is 27.6 Å². The normalized spacial score (nSPS) is 24.0. The lowest BCUT2D eigenvalue weighted by molar-refractivity contribution is -0.187. The van der Waals surface area contributed by atoms with Gasteiger partial charge in [0, 0.05) is 26.1 Å². The van der Waals surface area contributed by atoms with E-state index in [1.165, 1.54) is 12.3 Å². The molecule has 28 heavy (non-hydrogen) atoms. The van der Waals surface area contributed by atoms with E-state index in [1.807, 2.05) is 0 Å². The monoisotopic (exact) mass is 399 g/mol. The maximum absolute atomic E-state index is 13.1. The van der Waals surface area contributed by atoms with Gasteiger partial charge in [0.25, 0.3) is 0 Å². The number of carbonyl (C=O) groups is 3. The van der Waals surface area contributed by atoms with Crippen LogP contribution in [-0.2, 0) is 14.4 Å². The number of imide groups is 1. The van der Waals surface area contributed by atoms with Gasteiger partial charge in [-0.25, -0.2) is 0 Å². The Morgan fingerprint density at radius 1 is 1.32 bits per heavy atom. The number of aromatic nitrogens is 1. The lowest BCUT2D eigenvalue weighted by atomic mass is 9.94. The van der Waals surface area contributed by atoms with Crippen LogP contribution >= 0.6 is 0 Å². The smallest absolute Gasteiger partial charge is 0.324 e. The number of rotatable bonds is 4. The summed E-state index contributed by atoms with van der Waals surface area (Å²) in [6.07, 6.45) is -2.50.